The van der Waals surface area contributed by atoms with Gasteiger partial charge in [0.05, 0.1) is 0 Å². The molecular formula is C10H10F4O6. The van der Waals surface area contributed by atoms with Crippen LogP contribution < -0.4 is 0 Å². The first-order valence-corrected chi connectivity index (χ1v) is 5.00. The van der Waals surface area contributed by atoms with Crippen molar-refractivity contribution in [2.75, 3.05) is 13.2 Å². The van der Waals surface area contributed by atoms with Crippen molar-refractivity contribution in [3.05, 3.63) is 12.7 Å². The zero-order chi connectivity index (χ0) is 15.7. The molecule has 0 saturated carbocycles. The number of ether oxygens (including phenoxy) is 3. The van der Waals surface area contributed by atoms with Crippen molar-refractivity contribution in [2.24, 2.45) is 0 Å². The lowest BCUT2D eigenvalue weighted by Crippen LogP contribution is -2.32. The van der Waals surface area contributed by atoms with E-state index in [2.05, 4.69) is 20.8 Å². The minimum absolute atomic E-state index is 0.691. The second-order valence-electron chi connectivity index (χ2n) is 3.12. The molecule has 0 N–H and O–H groups in total. The first-order chi connectivity index (χ1) is 9.27. The second kappa shape index (κ2) is 8.88. The van der Waals surface area contributed by atoms with Crippen LogP contribution in [0.25, 0.3) is 0 Å². The predicted molar refractivity (Wildman–Crippen MR) is 54.0 cm³/mol. The van der Waals surface area contributed by atoms with Gasteiger partial charge in [-0.1, -0.05) is 6.58 Å². The Bertz CT molecular complexity index is 347. The van der Waals surface area contributed by atoms with Gasteiger partial charge in [-0.3, -0.25) is 0 Å². The number of rotatable bonds is 8. The third-order valence-electron chi connectivity index (χ3n) is 1.63. The summed E-state index contributed by atoms with van der Waals surface area (Å²) in [5, 5.41) is 0. The molecule has 0 aliphatic rings. The van der Waals surface area contributed by atoms with Gasteiger partial charge in [-0.15, -0.1) is 0 Å². The van der Waals surface area contributed by atoms with Gasteiger partial charge in [-0.2, -0.15) is 17.6 Å². The standard InChI is InChI=1S/C10H10F4O6/c1-2-6(15)20-5(3-18-9(16)7(11)12)4-19-10(17)8(13)14/h2,5,7-8H,1,3-4H2. The van der Waals surface area contributed by atoms with Crippen LogP contribution in [-0.2, 0) is 28.6 Å². The third-order valence-corrected chi connectivity index (χ3v) is 1.63. The van der Waals surface area contributed by atoms with Gasteiger partial charge in [0.15, 0.2) is 6.10 Å². The van der Waals surface area contributed by atoms with Crippen LogP contribution in [0.1, 0.15) is 0 Å². The number of hydrogen-bond acceptors (Lipinski definition) is 6. The maximum Gasteiger partial charge on any atom is 0.373 e. The van der Waals surface area contributed by atoms with Gasteiger partial charge in [0, 0.05) is 6.08 Å². The van der Waals surface area contributed by atoms with E-state index < -0.39 is 50.1 Å². The molecule has 114 valence electrons. The lowest BCUT2D eigenvalue weighted by atomic mass is 10.4. The second-order valence-corrected chi connectivity index (χ2v) is 3.12. The van der Waals surface area contributed by atoms with Crippen LogP contribution in [-0.4, -0.2) is 50.1 Å². The quantitative estimate of drug-likeness (QED) is 0.284. The van der Waals surface area contributed by atoms with Crippen molar-refractivity contribution in [2.45, 2.75) is 19.0 Å². The van der Waals surface area contributed by atoms with Gasteiger partial charge >= 0.3 is 30.8 Å². The molecule has 0 bridgehead atoms. The Morgan fingerprint density at radius 3 is 1.65 bits per heavy atom. The van der Waals surface area contributed by atoms with E-state index in [1.54, 1.807) is 0 Å². The summed E-state index contributed by atoms with van der Waals surface area (Å²) in [7, 11) is 0. The van der Waals surface area contributed by atoms with Crippen LogP contribution in [0.15, 0.2) is 12.7 Å². The fourth-order valence-corrected chi connectivity index (χ4v) is 0.805. The number of carbonyl (C=O) groups excluding carboxylic acids is 3. The Morgan fingerprint density at radius 1 is 0.950 bits per heavy atom. The monoisotopic (exact) mass is 302 g/mol. The summed E-state index contributed by atoms with van der Waals surface area (Å²) in [5.41, 5.74) is 0. The Kier molecular flexibility index (Phi) is 7.94. The Morgan fingerprint density at radius 2 is 1.35 bits per heavy atom. The molecule has 20 heavy (non-hydrogen) atoms. The highest BCUT2D eigenvalue weighted by molar-refractivity contribution is 5.81. The summed E-state index contributed by atoms with van der Waals surface area (Å²) in [6.07, 6.45) is -7.63. The Labute approximate surface area is 110 Å². The summed E-state index contributed by atoms with van der Waals surface area (Å²) >= 11 is 0. The van der Waals surface area contributed by atoms with Crippen molar-refractivity contribution < 1.29 is 46.2 Å². The zero-order valence-electron chi connectivity index (χ0n) is 9.89. The number of alkyl halides is 4. The number of carbonyl (C=O) groups is 3. The molecule has 0 spiro atoms. The van der Waals surface area contributed by atoms with Crippen molar-refractivity contribution in [1.82, 2.24) is 0 Å². The Balaban J connectivity index is 4.41. The van der Waals surface area contributed by atoms with E-state index in [4.69, 9.17) is 0 Å². The van der Waals surface area contributed by atoms with Crippen LogP contribution in [0.2, 0.25) is 0 Å². The van der Waals surface area contributed by atoms with E-state index >= 15 is 0 Å². The average molecular weight is 302 g/mol. The fourth-order valence-electron chi connectivity index (χ4n) is 0.805. The average Bonchev–Trinajstić information content (AvgIpc) is 2.40. The SMILES string of the molecule is C=CC(=O)OC(COC(=O)C(F)F)COC(=O)C(F)F. The molecule has 0 radical (unpaired) electrons. The molecule has 0 aromatic carbocycles. The summed E-state index contributed by atoms with van der Waals surface area (Å²) in [4.78, 5) is 31.8. The summed E-state index contributed by atoms with van der Waals surface area (Å²) < 4.78 is 59.9. The molecule has 0 unspecified atom stereocenters. The van der Waals surface area contributed by atoms with Crippen molar-refractivity contribution in [1.29, 1.82) is 0 Å². The minimum Gasteiger partial charge on any atom is -0.457 e. The zero-order valence-corrected chi connectivity index (χ0v) is 9.89. The fraction of sp³-hybridized carbons (Fsp3) is 0.500. The number of hydrogen-bond donors (Lipinski definition) is 0. The molecule has 10 heteroatoms. The maximum absolute atomic E-state index is 11.8. The number of esters is 3. The summed E-state index contributed by atoms with van der Waals surface area (Å²) in [5.74, 6) is -4.84. The van der Waals surface area contributed by atoms with Gasteiger partial charge in [-0.25, -0.2) is 14.4 Å². The van der Waals surface area contributed by atoms with Crippen molar-refractivity contribution >= 4 is 17.9 Å². The van der Waals surface area contributed by atoms with E-state index in [0.717, 1.165) is 0 Å². The van der Waals surface area contributed by atoms with Crippen molar-refractivity contribution in [3.63, 3.8) is 0 Å². The van der Waals surface area contributed by atoms with Gasteiger partial charge in [-0.05, 0) is 0 Å². The highest BCUT2D eigenvalue weighted by Gasteiger charge is 2.24. The normalized spacial score (nSPS) is 10.6. The van der Waals surface area contributed by atoms with E-state index in [1.165, 1.54) is 0 Å². The first kappa shape index (κ1) is 17.9. The van der Waals surface area contributed by atoms with E-state index in [0.29, 0.717) is 6.08 Å². The molecule has 6 nitrogen and oxygen atoms in total. The van der Waals surface area contributed by atoms with E-state index in [1.807, 2.05) is 0 Å². The van der Waals surface area contributed by atoms with Crippen LogP contribution in [0.4, 0.5) is 17.6 Å². The summed E-state index contributed by atoms with van der Waals surface area (Å²) in [6.45, 7) is 1.25. The highest BCUT2D eigenvalue weighted by atomic mass is 19.3. The molecule has 0 atom stereocenters. The first-order valence-electron chi connectivity index (χ1n) is 5.00. The molecular weight excluding hydrogens is 292 g/mol. The molecule has 0 amide bonds. The molecule has 0 aliphatic heterocycles. The molecule has 0 rings (SSSR count). The highest BCUT2D eigenvalue weighted by Crippen LogP contribution is 2.03. The van der Waals surface area contributed by atoms with Crippen LogP contribution in [0.3, 0.4) is 0 Å². The number of halogens is 4. The van der Waals surface area contributed by atoms with E-state index in [-0.39, 0.29) is 0 Å². The maximum atomic E-state index is 11.8. The van der Waals surface area contributed by atoms with Crippen molar-refractivity contribution in [3.8, 4) is 0 Å². The van der Waals surface area contributed by atoms with Gasteiger partial charge in [0.2, 0.25) is 0 Å². The van der Waals surface area contributed by atoms with Crippen LogP contribution in [0.5, 0.6) is 0 Å². The lowest BCUT2D eigenvalue weighted by Gasteiger charge is -2.16. The van der Waals surface area contributed by atoms with E-state index in [9.17, 15) is 31.9 Å². The molecule has 0 aromatic heterocycles. The smallest absolute Gasteiger partial charge is 0.373 e. The summed E-state index contributed by atoms with van der Waals surface area (Å²) in [6, 6.07) is 0. The predicted octanol–water partition coefficient (Wildman–Crippen LogP) is 0.701. The topological polar surface area (TPSA) is 78.9 Å². The van der Waals surface area contributed by atoms with Gasteiger partial charge in [0.25, 0.3) is 0 Å². The largest absolute Gasteiger partial charge is 0.457 e. The van der Waals surface area contributed by atoms with Gasteiger partial charge < -0.3 is 14.2 Å². The third kappa shape index (κ3) is 7.34. The van der Waals surface area contributed by atoms with Gasteiger partial charge in [0.1, 0.15) is 13.2 Å². The minimum atomic E-state index is -3.41. The van der Waals surface area contributed by atoms with Crippen LogP contribution in [0, 0.1) is 0 Å². The molecule has 0 aliphatic carbocycles. The van der Waals surface area contributed by atoms with Crippen LogP contribution >= 0.6 is 0 Å². The molecule has 0 aromatic rings. The lowest BCUT2D eigenvalue weighted by molar-refractivity contribution is -0.172. The molecule has 0 heterocycles. The Hall–Kier alpha value is -2.13. The molecule has 0 fully saturated rings. The molecule has 0 saturated heterocycles.